The minimum absolute atomic E-state index is 0.445. The van der Waals surface area contributed by atoms with E-state index in [1.165, 1.54) is 0 Å². The molecule has 16 heavy (non-hydrogen) atoms. The molecule has 0 aliphatic carbocycles. The van der Waals surface area contributed by atoms with E-state index in [9.17, 15) is 5.11 Å². The van der Waals surface area contributed by atoms with Crippen LogP contribution in [0.1, 0.15) is 23.9 Å². The van der Waals surface area contributed by atoms with Crippen molar-refractivity contribution >= 4 is 27.0 Å². The van der Waals surface area contributed by atoms with E-state index in [4.69, 9.17) is 5.73 Å². The Morgan fingerprint density at radius 2 is 2.31 bits per heavy atom. The lowest BCUT2D eigenvalue weighted by molar-refractivity contribution is 0.162. The largest absolute Gasteiger partial charge is 0.385 e. The summed E-state index contributed by atoms with van der Waals surface area (Å²) in [7, 11) is 0. The number of halogens is 1. The van der Waals surface area contributed by atoms with Crippen LogP contribution in [0.2, 0.25) is 0 Å². The Morgan fingerprint density at radius 3 is 3.00 bits per heavy atom. The van der Waals surface area contributed by atoms with Crippen molar-refractivity contribution in [2.75, 3.05) is 6.54 Å². The van der Waals surface area contributed by atoms with E-state index in [2.05, 4.69) is 25.9 Å². The summed E-state index contributed by atoms with van der Waals surface area (Å²) in [5, 5.41) is 9.80. The van der Waals surface area contributed by atoms with E-state index in [-0.39, 0.29) is 0 Å². The van der Waals surface area contributed by atoms with Gasteiger partial charge in [-0.25, -0.2) is 4.98 Å². The van der Waals surface area contributed by atoms with E-state index in [1.807, 2.05) is 19.1 Å². The van der Waals surface area contributed by atoms with Gasteiger partial charge in [0.05, 0.1) is 11.0 Å². The van der Waals surface area contributed by atoms with Crippen LogP contribution in [0.5, 0.6) is 0 Å². The Kier molecular flexibility index (Phi) is 3.28. The van der Waals surface area contributed by atoms with Gasteiger partial charge in [0, 0.05) is 4.47 Å². The predicted molar refractivity (Wildman–Crippen MR) is 67.2 cm³/mol. The number of aliphatic hydroxyl groups excluding tert-OH is 1. The highest BCUT2D eigenvalue weighted by Gasteiger charge is 2.13. The van der Waals surface area contributed by atoms with Gasteiger partial charge >= 0.3 is 0 Å². The number of nitrogens with zero attached hydrogens (tertiary/aromatic N) is 1. The predicted octanol–water partition coefficient (Wildman–Crippen LogP) is 2.02. The third-order valence-corrected chi connectivity index (χ3v) is 2.97. The maximum atomic E-state index is 9.80. The zero-order chi connectivity index (χ0) is 11.7. The van der Waals surface area contributed by atoms with Crippen LogP contribution in [0, 0.1) is 6.92 Å². The average molecular weight is 284 g/mol. The summed E-state index contributed by atoms with van der Waals surface area (Å²) in [5.74, 6) is 0.585. The Balaban J connectivity index is 2.47. The lowest BCUT2D eigenvalue weighted by Gasteiger charge is -2.03. The maximum Gasteiger partial charge on any atom is 0.136 e. The second kappa shape index (κ2) is 4.53. The number of hydrogen-bond acceptors (Lipinski definition) is 3. The van der Waals surface area contributed by atoms with Crippen LogP contribution in [0.4, 0.5) is 0 Å². The molecule has 0 amide bonds. The van der Waals surface area contributed by atoms with Gasteiger partial charge in [0.15, 0.2) is 0 Å². The van der Waals surface area contributed by atoms with Gasteiger partial charge in [-0.2, -0.15) is 0 Å². The summed E-state index contributed by atoms with van der Waals surface area (Å²) in [6, 6.07) is 3.95. The van der Waals surface area contributed by atoms with Crippen molar-refractivity contribution in [1.29, 1.82) is 0 Å². The SMILES string of the molecule is Cc1cc(Br)cc2[nH]c(C(O)CCN)nc12. The minimum Gasteiger partial charge on any atom is -0.385 e. The molecule has 0 bridgehead atoms. The standard InChI is InChI=1S/C11H14BrN3O/c1-6-4-7(12)5-8-10(6)15-11(14-8)9(16)2-3-13/h4-5,9,16H,2-3,13H2,1H3,(H,14,15). The van der Waals surface area contributed by atoms with E-state index < -0.39 is 6.10 Å². The van der Waals surface area contributed by atoms with E-state index >= 15 is 0 Å². The minimum atomic E-state index is -0.615. The molecule has 2 rings (SSSR count). The van der Waals surface area contributed by atoms with Gasteiger partial charge in [-0.05, 0) is 37.6 Å². The number of aromatic amines is 1. The molecule has 0 aliphatic rings. The zero-order valence-electron chi connectivity index (χ0n) is 9.00. The topological polar surface area (TPSA) is 74.9 Å². The van der Waals surface area contributed by atoms with Crippen LogP contribution >= 0.6 is 15.9 Å². The van der Waals surface area contributed by atoms with Gasteiger partial charge < -0.3 is 15.8 Å². The molecule has 0 spiro atoms. The summed E-state index contributed by atoms with van der Waals surface area (Å²) in [6.07, 6.45) is -0.101. The van der Waals surface area contributed by atoms with Crippen LogP contribution in [0.3, 0.4) is 0 Å². The molecule has 0 saturated carbocycles. The normalized spacial score (nSPS) is 13.2. The molecule has 1 aromatic heterocycles. The number of H-pyrrole nitrogens is 1. The maximum absolute atomic E-state index is 9.80. The molecule has 86 valence electrons. The van der Waals surface area contributed by atoms with E-state index in [0.717, 1.165) is 21.1 Å². The number of aliphatic hydroxyl groups is 1. The number of benzene rings is 1. The first-order valence-electron chi connectivity index (χ1n) is 5.15. The second-order valence-electron chi connectivity index (χ2n) is 3.83. The van der Waals surface area contributed by atoms with Crippen molar-refractivity contribution < 1.29 is 5.11 Å². The highest BCUT2D eigenvalue weighted by atomic mass is 79.9. The number of aryl methyl sites for hydroxylation is 1. The lowest BCUT2D eigenvalue weighted by atomic mass is 10.2. The summed E-state index contributed by atoms with van der Waals surface area (Å²) in [5.41, 5.74) is 8.31. The molecule has 2 aromatic rings. The molecule has 4 N–H and O–H groups in total. The van der Waals surface area contributed by atoms with Crippen molar-refractivity contribution in [3.8, 4) is 0 Å². The smallest absolute Gasteiger partial charge is 0.136 e. The molecular weight excluding hydrogens is 270 g/mol. The molecular formula is C11H14BrN3O. The van der Waals surface area contributed by atoms with Crippen LogP contribution in [0.25, 0.3) is 11.0 Å². The molecule has 1 unspecified atom stereocenters. The van der Waals surface area contributed by atoms with Gasteiger partial charge in [0.1, 0.15) is 11.9 Å². The fraction of sp³-hybridized carbons (Fsp3) is 0.364. The number of imidazole rings is 1. The van der Waals surface area contributed by atoms with Gasteiger partial charge in [0.25, 0.3) is 0 Å². The van der Waals surface area contributed by atoms with E-state index in [0.29, 0.717) is 18.8 Å². The average Bonchev–Trinajstić information content (AvgIpc) is 2.62. The molecule has 0 radical (unpaired) electrons. The number of fused-ring (bicyclic) bond motifs is 1. The lowest BCUT2D eigenvalue weighted by Crippen LogP contribution is -2.07. The number of nitrogens with two attached hydrogens (primary N) is 1. The summed E-state index contributed by atoms with van der Waals surface area (Å²) < 4.78 is 1.00. The Labute approximate surface area is 102 Å². The molecule has 1 aromatic carbocycles. The summed E-state index contributed by atoms with van der Waals surface area (Å²) in [4.78, 5) is 7.51. The molecule has 4 nitrogen and oxygen atoms in total. The van der Waals surface area contributed by atoms with Gasteiger partial charge in [-0.1, -0.05) is 15.9 Å². The van der Waals surface area contributed by atoms with Crippen molar-refractivity contribution in [3.05, 3.63) is 28.0 Å². The third kappa shape index (κ3) is 2.11. The fourth-order valence-electron chi connectivity index (χ4n) is 1.72. The van der Waals surface area contributed by atoms with Gasteiger partial charge in [0.2, 0.25) is 0 Å². The van der Waals surface area contributed by atoms with Crippen LogP contribution in [0.15, 0.2) is 16.6 Å². The van der Waals surface area contributed by atoms with Crippen LogP contribution in [-0.2, 0) is 0 Å². The summed E-state index contributed by atoms with van der Waals surface area (Å²) in [6.45, 7) is 2.44. The Hall–Kier alpha value is -0.910. The first kappa shape index (κ1) is 11.6. The number of nitrogens with one attached hydrogen (secondary N) is 1. The fourth-order valence-corrected chi connectivity index (χ4v) is 2.29. The molecule has 0 aliphatic heterocycles. The second-order valence-corrected chi connectivity index (χ2v) is 4.75. The molecule has 0 fully saturated rings. The zero-order valence-corrected chi connectivity index (χ0v) is 10.6. The quantitative estimate of drug-likeness (QED) is 0.807. The molecule has 5 heteroatoms. The van der Waals surface area contributed by atoms with Crippen LogP contribution in [-0.4, -0.2) is 21.6 Å². The monoisotopic (exact) mass is 283 g/mol. The highest BCUT2D eigenvalue weighted by molar-refractivity contribution is 9.10. The Morgan fingerprint density at radius 1 is 1.56 bits per heavy atom. The Bertz CT molecular complexity index is 509. The molecule has 1 atom stereocenters. The molecule has 1 heterocycles. The van der Waals surface area contributed by atoms with E-state index in [1.54, 1.807) is 0 Å². The number of rotatable bonds is 3. The number of aromatic nitrogens is 2. The number of hydrogen-bond donors (Lipinski definition) is 3. The van der Waals surface area contributed by atoms with Crippen LogP contribution < -0.4 is 5.73 Å². The van der Waals surface area contributed by atoms with Crippen molar-refractivity contribution in [3.63, 3.8) is 0 Å². The summed E-state index contributed by atoms with van der Waals surface area (Å²) >= 11 is 3.43. The first-order valence-corrected chi connectivity index (χ1v) is 5.95. The first-order chi connectivity index (χ1) is 7.61. The highest BCUT2D eigenvalue weighted by Crippen LogP contribution is 2.24. The van der Waals surface area contributed by atoms with Crippen molar-refractivity contribution in [2.45, 2.75) is 19.4 Å². The molecule has 0 saturated heterocycles. The van der Waals surface area contributed by atoms with Crippen molar-refractivity contribution in [1.82, 2.24) is 9.97 Å². The van der Waals surface area contributed by atoms with Gasteiger partial charge in [-0.3, -0.25) is 0 Å². The van der Waals surface area contributed by atoms with Crippen molar-refractivity contribution in [2.24, 2.45) is 5.73 Å². The van der Waals surface area contributed by atoms with Gasteiger partial charge in [-0.15, -0.1) is 0 Å². The third-order valence-electron chi connectivity index (χ3n) is 2.52.